The van der Waals surface area contributed by atoms with Crippen LogP contribution in [0.2, 0.25) is 0 Å². The van der Waals surface area contributed by atoms with Crippen LogP contribution in [0.25, 0.3) is 0 Å². The van der Waals surface area contributed by atoms with Gasteiger partial charge in [0.1, 0.15) is 0 Å². The van der Waals surface area contributed by atoms with Gasteiger partial charge in [0.15, 0.2) is 6.10 Å². The maximum atomic E-state index is 12.7. The number of esters is 1. The lowest BCUT2D eigenvalue weighted by Crippen LogP contribution is -2.40. The van der Waals surface area contributed by atoms with E-state index in [1.807, 2.05) is 0 Å². The minimum Gasteiger partial charge on any atom is -0.449 e. The number of amides is 2. The quantitative estimate of drug-likeness (QED) is 0.584. The molecule has 0 aromatic heterocycles. The van der Waals surface area contributed by atoms with Gasteiger partial charge in [-0.2, -0.15) is 4.31 Å². The van der Waals surface area contributed by atoms with Gasteiger partial charge in [-0.15, -0.1) is 0 Å². The fraction of sp³-hybridized carbons (Fsp3) is 0.318. The third-order valence-corrected chi connectivity index (χ3v) is 6.71. The first kappa shape index (κ1) is 24.4. The van der Waals surface area contributed by atoms with Gasteiger partial charge in [0, 0.05) is 31.4 Å². The highest BCUT2D eigenvalue weighted by molar-refractivity contribution is 7.89. The number of morpholine rings is 1. The van der Waals surface area contributed by atoms with Crippen molar-refractivity contribution in [3.05, 3.63) is 54.1 Å². The van der Waals surface area contributed by atoms with Crippen molar-refractivity contribution >= 4 is 39.2 Å². The first-order valence-electron chi connectivity index (χ1n) is 10.2. The Bertz CT molecular complexity index is 1130. The molecule has 2 aromatic rings. The molecule has 33 heavy (non-hydrogen) atoms. The molecule has 11 heteroatoms. The van der Waals surface area contributed by atoms with Gasteiger partial charge in [-0.05, 0) is 49.4 Å². The molecule has 1 atom stereocenters. The fourth-order valence-corrected chi connectivity index (χ4v) is 4.51. The summed E-state index contributed by atoms with van der Waals surface area (Å²) in [4.78, 5) is 36.1. The van der Waals surface area contributed by atoms with Crippen molar-refractivity contribution in [3.63, 3.8) is 0 Å². The highest BCUT2D eigenvalue weighted by Gasteiger charge is 2.26. The first-order chi connectivity index (χ1) is 15.7. The Labute approximate surface area is 191 Å². The second-order valence-corrected chi connectivity index (χ2v) is 9.28. The van der Waals surface area contributed by atoms with E-state index < -0.39 is 28.0 Å². The Morgan fingerprint density at radius 2 is 1.67 bits per heavy atom. The van der Waals surface area contributed by atoms with Crippen LogP contribution in [0, 0.1) is 0 Å². The van der Waals surface area contributed by atoms with Crippen LogP contribution in [0.4, 0.5) is 11.4 Å². The molecule has 10 nitrogen and oxygen atoms in total. The van der Waals surface area contributed by atoms with Crippen molar-refractivity contribution in [1.29, 1.82) is 0 Å². The Morgan fingerprint density at radius 3 is 2.30 bits per heavy atom. The summed E-state index contributed by atoms with van der Waals surface area (Å²) in [6.45, 7) is 4.04. The van der Waals surface area contributed by atoms with E-state index in [9.17, 15) is 22.8 Å². The molecule has 176 valence electrons. The maximum Gasteiger partial charge on any atom is 0.338 e. The van der Waals surface area contributed by atoms with Crippen LogP contribution in [0.1, 0.15) is 24.2 Å². The second-order valence-electron chi connectivity index (χ2n) is 7.34. The van der Waals surface area contributed by atoms with Crippen molar-refractivity contribution in [1.82, 2.24) is 4.31 Å². The van der Waals surface area contributed by atoms with E-state index in [2.05, 4.69) is 10.6 Å². The Balaban J connectivity index is 1.59. The van der Waals surface area contributed by atoms with Gasteiger partial charge in [0.2, 0.25) is 15.9 Å². The number of hydrogen-bond donors (Lipinski definition) is 2. The normalized spacial score (nSPS) is 15.3. The van der Waals surface area contributed by atoms with Crippen molar-refractivity contribution in [2.24, 2.45) is 0 Å². The summed E-state index contributed by atoms with van der Waals surface area (Å²) in [6.07, 6.45) is -1.11. The van der Waals surface area contributed by atoms with Crippen molar-refractivity contribution in [2.45, 2.75) is 24.8 Å². The van der Waals surface area contributed by atoms with E-state index in [1.54, 1.807) is 12.1 Å². The molecule has 1 aliphatic heterocycles. The summed E-state index contributed by atoms with van der Waals surface area (Å²) < 4.78 is 37.1. The molecule has 1 heterocycles. The number of benzene rings is 2. The van der Waals surface area contributed by atoms with E-state index in [4.69, 9.17) is 9.47 Å². The molecule has 0 unspecified atom stereocenters. The molecule has 1 aliphatic rings. The summed E-state index contributed by atoms with van der Waals surface area (Å²) in [5.41, 5.74) is 0.969. The lowest BCUT2D eigenvalue weighted by Gasteiger charge is -2.26. The van der Waals surface area contributed by atoms with Crippen LogP contribution in [-0.2, 0) is 29.1 Å². The highest BCUT2D eigenvalue weighted by Crippen LogP contribution is 2.20. The molecule has 3 rings (SSSR count). The van der Waals surface area contributed by atoms with Gasteiger partial charge < -0.3 is 20.1 Å². The zero-order valence-corrected chi connectivity index (χ0v) is 19.1. The van der Waals surface area contributed by atoms with Crippen molar-refractivity contribution in [2.75, 3.05) is 36.9 Å². The molecule has 1 fully saturated rings. The van der Waals surface area contributed by atoms with Crippen LogP contribution in [-0.4, -0.2) is 62.9 Å². The van der Waals surface area contributed by atoms with Gasteiger partial charge in [-0.3, -0.25) is 9.59 Å². The summed E-state index contributed by atoms with van der Waals surface area (Å²) >= 11 is 0. The summed E-state index contributed by atoms with van der Waals surface area (Å²) in [7, 11) is -3.64. The Kier molecular flexibility index (Phi) is 7.79. The van der Waals surface area contributed by atoms with Gasteiger partial charge in [-0.1, -0.05) is 6.07 Å². The number of rotatable bonds is 7. The largest absolute Gasteiger partial charge is 0.449 e. The standard InChI is InChI=1S/C22H25N3O7S/c1-15(32-22(28)17-4-3-5-19(14-17)23-16(2)26)21(27)24-18-6-8-20(9-7-18)33(29,30)25-10-12-31-13-11-25/h3-9,14-15H,10-13H2,1-2H3,(H,23,26)(H,24,27)/t15-/m0/s1. The van der Waals surface area contributed by atoms with Crippen LogP contribution >= 0.6 is 0 Å². The van der Waals surface area contributed by atoms with Crippen molar-refractivity contribution < 1.29 is 32.3 Å². The maximum absolute atomic E-state index is 12.7. The predicted molar refractivity (Wildman–Crippen MR) is 120 cm³/mol. The molecular formula is C22H25N3O7S. The van der Waals surface area contributed by atoms with E-state index in [1.165, 1.54) is 54.6 Å². The zero-order valence-electron chi connectivity index (χ0n) is 18.2. The lowest BCUT2D eigenvalue weighted by atomic mass is 10.2. The number of hydrogen-bond acceptors (Lipinski definition) is 7. The number of nitrogens with zero attached hydrogens (tertiary/aromatic N) is 1. The summed E-state index contributed by atoms with van der Waals surface area (Å²) in [5.74, 6) is -1.58. The number of nitrogens with one attached hydrogen (secondary N) is 2. The summed E-state index contributed by atoms with van der Waals surface area (Å²) in [5, 5.41) is 5.16. The molecule has 2 aromatic carbocycles. The van der Waals surface area contributed by atoms with E-state index in [0.717, 1.165) is 0 Å². The lowest BCUT2D eigenvalue weighted by molar-refractivity contribution is -0.123. The van der Waals surface area contributed by atoms with Crippen LogP contribution in [0.5, 0.6) is 0 Å². The third kappa shape index (κ3) is 6.37. The van der Waals surface area contributed by atoms with Crippen molar-refractivity contribution in [3.8, 4) is 0 Å². The SMILES string of the molecule is CC(=O)Nc1cccc(C(=O)O[C@@H](C)C(=O)Nc2ccc(S(=O)(=O)N3CCOCC3)cc2)c1. The van der Waals surface area contributed by atoms with Gasteiger partial charge in [0.25, 0.3) is 5.91 Å². The molecule has 0 radical (unpaired) electrons. The number of carbonyl (C=O) groups is 3. The van der Waals surface area contributed by atoms with E-state index >= 15 is 0 Å². The first-order valence-corrected chi connectivity index (χ1v) is 11.7. The van der Waals surface area contributed by atoms with Crippen LogP contribution in [0.3, 0.4) is 0 Å². The number of ether oxygens (including phenoxy) is 2. The minimum absolute atomic E-state index is 0.112. The third-order valence-electron chi connectivity index (χ3n) is 4.80. The molecule has 0 aliphatic carbocycles. The molecule has 2 amide bonds. The van der Waals surface area contributed by atoms with Crippen LogP contribution in [0.15, 0.2) is 53.4 Å². The average Bonchev–Trinajstić information content (AvgIpc) is 2.79. The van der Waals surface area contributed by atoms with E-state index in [0.29, 0.717) is 24.6 Å². The monoisotopic (exact) mass is 475 g/mol. The van der Waals surface area contributed by atoms with Crippen LogP contribution < -0.4 is 10.6 Å². The molecule has 2 N–H and O–H groups in total. The fourth-order valence-electron chi connectivity index (χ4n) is 3.10. The zero-order chi connectivity index (χ0) is 24.0. The average molecular weight is 476 g/mol. The second kappa shape index (κ2) is 10.6. The number of sulfonamides is 1. The molecule has 0 saturated carbocycles. The molecule has 0 spiro atoms. The number of anilines is 2. The minimum atomic E-state index is -3.64. The topological polar surface area (TPSA) is 131 Å². The molecular weight excluding hydrogens is 450 g/mol. The smallest absolute Gasteiger partial charge is 0.338 e. The highest BCUT2D eigenvalue weighted by atomic mass is 32.2. The Morgan fingerprint density at radius 1 is 1.00 bits per heavy atom. The van der Waals surface area contributed by atoms with Gasteiger partial charge in [0.05, 0.1) is 23.7 Å². The van der Waals surface area contributed by atoms with E-state index in [-0.39, 0.29) is 29.5 Å². The van der Waals surface area contributed by atoms with Gasteiger partial charge in [-0.25, -0.2) is 13.2 Å². The summed E-state index contributed by atoms with van der Waals surface area (Å²) in [6, 6.07) is 11.9. The Hall–Kier alpha value is -3.28. The van der Waals surface area contributed by atoms with Gasteiger partial charge >= 0.3 is 5.97 Å². The molecule has 0 bridgehead atoms. The number of carbonyl (C=O) groups excluding carboxylic acids is 3. The molecule has 1 saturated heterocycles. The predicted octanol–water partition coefficient (Wildman–Crippen LogP) is 1.85.